The molecule has 104 valence electrons. The summed E-state index contributed by atoms with van der Waals surface area (Å²) in [6.45, 7) is 0.891. The fourth-order valence-corrected chi connectivity index (χ4v) is 1.59. The molecule has 0 aromatic heterocycles. The van der Waals surface area contributed by atoms with E-state index in [-0.39, 0.29) is 12.5 Å². The number of carbonyl (C=O) groups excluding carboxylic acids is 1. The predicted octanol–water partition coefficient (Wildman–Crippen LogP) is 2.26. The van der Waals surface area contributed by atoms with Crippen molar-refractivity contribution >= 4 is 5.91 Å². The van der Waals surface area contributed by atoms with Gasteiger partial charge in [0, 0.05) is 0 Å². The van der Waals surface area contributed by atoms with E-state index in [4.69, 9.17) is 9.47 Å². The van der Waals surface area contributed by atoms with E-state index in [9.17, 15) is 4.79 Å². The molecule has 2 aromatic rings. The van der Waals surface area contributed by atoms with Crippen LogP contribution < -0.4 is 14.8 Å². The van der Waals surface area contributed by atoms with Crippen molar-refractivity contribution in [3.05, 3.63) is 60.7 Å². The van der Waals surface area contributed by atoms with E-state index in [1.165, 1.54) is 0 Å². The Bertz CT molecular complexity index is 514. The average molecular weight is 271 g/mol. The van der Waals surface area contributed by atoms with E-state index >= 15 is 0 Å². The van der Waals surface area contributed by atoms with Crippen LogP contribution in [0.4, 0.5) is 0 Å². The molecule has 0 fully saturated rings. The van der Waals surface area contributed by atoms with Crippen molar-refractivity contribution < 1.29 is 14.3 Å². The van der Waals surface area contributed by atoms with Crippen molar-refractivity contribution in [2.45, 2.75) is 0 Å². The van der Waals surface area contributed by atoms with Gasteiger partial charge in [0.2, 0.25) is 0 Å². The van der Waals surface area contributed by atoms with Gasteiger partial charge in [0.05, 0.1) is 6.54 Å². The molecule has 0 bridgehead atoms. The first kappa shape index (κ1) is 13.9. The zero-order chi connectivity index (χ0) is 14.0. The number of nitrogens with one attached hydrogen (secondary N) is 1. The summed E-state index contributed by atoms with van der Waals surface area (Å²) in [5, 5.41) is 2.73. The smallest absolute Gasteiger partial charge is 0.258 e. The summed E-state index contributed by atoms with van der Waals surface area (Å²) in [6, 6.07) is 18.7. The lowest BCUT2D eigenvalue weighted by Crippen LogP contribution is -2.32. The van der Waals surface area contributed by atoms with E-state index in [0.717, 1.165) is 5.75 Å². The topological polar surface area (TPSA) is 47.6 Å². The molecule has 0 saturated heterocycles. The summed E-state index contributed by atoms with van der Waals surface area (Å²) >= 11 is 0. The first-order valence-electron chi connectivity index (χ1n) is 6.47. The summed E-state index contributed by atoms with van der Waals surface area (Å²) in [4.78, 5) is 11.5. The van der Waals surface area contributed by atoms with Crippen LogP contribution in [0.2, 0.25) is 0 Å². The average Bonchev–Trinajstić information content (AvgIpc) is 2.52. The van der Waals surface area contributed by atoms with Crippen LogP contribution in [0, 0.1) is 0 Å². The zero-order valence-electron chi connectivity index (χ0n) is 11.1. The van der Waals surface area contributed by atoms with E-state index in [1.54, 1.807) is 0 Å². The summed E-state index contributed by atoms with van der Waals surface area (Å²) < 4.78 is 10.8. The molecule has 0 atom stereocenters. The van der Waals surface area contributed by atoms with Gasteiger partial charge in [0.1, 0.15) is 18.1 Å². The maximum Gasteiger partial charge on any atom is 0.258 e. The summed E-state index contributed by atoms with van der Waals surface area (Å²) in [6.07, 6.45) is 0. The highest BCUT2D eigenvalue weighted by molar-refractivity contribution is 5.77. The summed E-state index contributed by atoms with van der Waals surface area (Å²) in [7, 11) is 0. The van der Waals surface area contributed by atoms with Crippen LogP contribution in [0.1, 0.15) is 0 Å². The van der Waals surface area contributed by atoms with Crippen molar-refractivity contribution in [3.63, 3.8) is 0 Å². The number of para-hydroxylation sites is 2. The molecule has 0 aliphatic heterocycles. The number of rotatable bonds is 7. The number of ether oxygens (including phenoxy) is 2. The van der Waals surface area contributed by atoms with Crippen LogP contribution in [-0.2, 0) is 4.79 Å². The maximum absolute atomic E-state index is 11.5. The van der Waals surface area contributed by atoms with Crippen molar-refractivity contribution in [2.75, 3.05) is 19.8 Å². The molecule has 1 N–H and O–H groups in total. The van der Waals surface area contributed by atoms with Crippen LogP contribution in [0.15, 0.2) is 60.7 Å². The first-order chi connectivity index (χ1) is 9.84. The number of carbonyl (C=O) groups is 1. The molecule has 4 nitrogen and oxygen atoms in total. The molecule has 0 radical (unpaired) electrons. The van der Waals surface area contributed by atoms with E-state index in [2.05, 4.69) is 5.32 Å². The maximum atomic E-state index is 11.5. The van der Waals surface area contributed by atoms with Crippen molar-refractivity contribution in [3.8, 4) is 11.5 Å². The second kappa shape index (κ2) is 7.84. The summed E-state index contributed by atoms with van der Waals surface area (Å²) in [5.41, 5.74) is 0. The van der Waals surface area contributed by atoms with Crippen LogP contribution >= 0.6 is 0 Å². The Kier molecular flexibility index (Phi) is 5.46. The highest BCUT2D eigenvalue weighted by Crippen LogP contribution is 2.08. The van der Waals surface area contributed by atoms with Crippen molar-refractivity contribution in [1.29, 1.82) is 0 Å². The number of hydrogen-bond donors (Lipinski definition) is 1. The lowest BCUT2D eigenvalue weighted by atomic mass is 10.3. The molecule has 0 aliphatic rings. The molecule has 1 amide bonds. The molecule has 2 aromatic carbocycles. The Hall–Kier alpha value is -2.49. The normalized spacial score (nSPS) is 9.80. The molecular formula is C16H17NO3. The third-order valence-corrected chi connectivity index (χ3v) is 2.55. The molecule has 0 saturated carbocycles. The highest BCUT2D eigenvalue weighted by atomic mass is 16.5. The van der Waals surface area contributed by atoms with Gasteiger partial charge in [0.15, 0.2) is 6.61 Å². The van der Waals surface area contributed by atoms with Crippen LogP contribution in [0.5, 0.6) is 11.5 Å². The minimum atomic E-state index is -0.162. The quantitative estimate of drug-likeness (QED) is 0.786. The van der Waals surface area contributed by atoms with E-state index in [1.807, 2.05) is 60.7 Å². The molecule has 0 unspecified atom stereocenters. The van der Waals surface area contributed by atoms with Crippen LogP contribution in [-0.4, -0.2) is 25.7 Å². The van der Waals surface area contributed by atoms with E-state index in [0.29, 0.717) is 18.9 Å². The van der Waals surface area contributed by atoms with Crippen molar-refractivity contribution in [1.82, 2.24) is 5.32 Å². The Labute approximate surface area is 118 Å². The fraction of sp³-hybridized carbons (Fsp3) is 0.188. The monoisotopic (exact) mass is 271 g/mol. The van der Waals surface area contributed by atoms with Crippen LogP contribution in [0.25, 0.3) is 0 Å². The molecule has 2 rings (SSSR count). The standard InChI is InChI=1S/C16H17NO3/c18-16(13-20-15-9-5-2-6-10-15)17-11-12-19-14-7-3-1-4-8-14/h1-10H,11-13H2,(H,17,18). The van der Waals surface area contributed by atoms with Gasteiger partial charge < -0.3 is 14.8 Å². The second-order valence-corrected chi connectivity index (χ2v) is 4.11. The number of benzene rings is 2. The minimum absolute atomic E-state index is 0.00928. The van der Waals surface area contributed by atoms with E-state index < -0.39 is 0 Å². The van der Waals surface area contributed by atoms with Gasteiger partial charge in [0.25, 0.3) is 5.91 Å². The largest absolute Gasteiger partial charge is 0.492 e. The lowest BCUT2D eigenvalue weighted by Gasteiger charge is -2.08. The molecule has 20 heavy (non-hydrogen) atoms. The van der Waals surface area contributed by atoms with Gasteiger partial charge in [-0.25, -0.2) is 0 Å². The minimum Gasteiger partial charge on any atom is -0.492 e. The fourth-order valence-electron chi connectivity index (χ4n) is 1.59. The Morgan fingerprint density at radius 1 is 0.850 bits per heavy atom. The van der Waals surface area contributed by atoms with Gasteiger partial charge >= 0.3 is 0 Å². The van der Waals surface area contributed by atoms with Crippen molar-refractivity contribution in [2.24, 2.45) is 0 Å². The predicted molar refractivity (Wildman–Crippen MR) is 76.9 cm³/mol. The Morgan fingerprint density at radius 3 is 2.00 bits per heavy atom. The molecule has 0 aliphatic carbocycles. The number of hydrogen-bond acceptors (Lipinski definition) is 3. The highest BCUT2D eigenvalue weighted by Gasteiger charge is 2.01. The SMILES string of the molecule is O=C(COc1ccccc1)NCCOc1ccccc1. The molecule has 4 heteroatoms. The van der Waals surface area contributed by atoms with Gasteiger partial charge in [-0.05, 0) is 24.3 Å². The first-order valence-corrected chi connectivity index (χ1v) is 6.47. The van der Waals surface area contributed by atoms with Gasteiger partial charge in [-0.3, -0.25) is 4.79 Å². The lowest BCUT2D eigenvalue weighted by molar-refractivity contribution is -0.123. The van der Waals surface area contributed by atoms with Gasteiger partial charge in [-0.15, -0.1) is 0 Å². The molecule has 0 spiro atoms. The summed E-state index contributed by atoms with van der Waals surface area (Å²) in [5.74, 6) is 1.32. The van der Waals surface area contributed by atoms with Gasteiger partial charge in [-0.2, -0.15) is 0 Å². The Morgan fingerprint density at radius 2 is 1.40 bits per heavy atom. The Balaban J connectivity index is 1.59. The van der Waals surface area contributed by atoms with Crippen LogP contribution in [0.3, 0.4) is 0 Å². The van der Waals surface area contributed by atoms with Gasteiger partial charge in [-0.1, -0.05) is 36.4 Å². The third kappa shape index (κ3) is 5.02. The second-order valence-electron chi connectivity index (χ2n) is 4.11. The molecular weight excluding hydrogens is 254 g/mol. The zero-order valence-corrected chi connectivity index (χ0v) is 11.1. The third-order valence-electron chi connectivity index (χ3n) is 2.55. The molecule has 0 heterocycles. The number of amides is 1.